The van der Waals surface area contributed by atoms with E-state index >= 15 is 0 Å². The van der Waals surface area contributed by atoms with Gasteiger partial charge in [0.1, 0.15) is 0 Å². The number of likely N-dealkylation sites (tertiary alicyclic amines) is 1. The maximum absolute atomic E-state index is 13.6. The van der Waals surface area contributed by atoms with Gasteiger partial charge >= 0.3 is 6.18 Å². The molecule has 8 nitrogen and oxygen atoms in total. The predicted octanol–water partition coefficient (Wildman–Crippen LogP) is 4.91. The van der Waals surface area contributed by atoms with Gasteiger partial charge in [-0.3, -0.25) is 14.4 Å². The molecule has 0 spiro atoms. The zero-order valence-electron chi connectivity index (χ0n) is 23.1. The second kappa shape index (κ2) is 12.8. The number of alkyl halides is 3. The van der Waals surface area contributed by atoms with Crippen molar-refractivity contribution in [1.29, 1.82) is 0 Å². The summed E-state index contributed by atoms with van der Waals surface area (Å²) in [5.41, 5.74) is -0.318. The number of rotatable bonds is 8. The van der Waals surface area contributed by atoms with Crippen molar-refractivity contribution in [3.8, 4) is 5.69 Å². The van der Waals surface area contributed by atoms with E-state index in [1.165, 1.54) is 0 Å². The fourth-order valence-electron chi connectivity index (χ4n) is 5.95. The van der Waals surface area contributed by atoms with Crippen LogP contribution in [0.1, 0.15) is 66.2 Å². The van der Waals surface area contributed by atoms with Crippen LogP contribution in [0.15, 0.2) is 66.9 Å². The number of carbonyl (C=O) groups is 3. The lowest BCUT2D eigenvalue weighted by Gasteiger charge is -2.33. The Morgan fingerprint density at radius 2 is 1.45 bits per heavy atom. The highest BCUT2D eigenvalue weighted by Crippen LogP contribution is 2.37. The molecule has 2 N–H and O–H groups in total. The molecule has 1 saturated heterocycles. The molecule has 0 radical (unpaired) electrons. The SMILES string of the molecule is O=C(NCCNC(=O)C1CCC(C(=O)N2CCCC2c2ccccc2)CC1)c1cn(-c2ccccc2)nc1C(F)(F)F. The van der Waals surface area contributed by atoms with Crippen LogP contribution in [0.25, 0.3) is 5.69 Å². The molecule has 2 heterocycles. The first-order valence-corrected chi connectivity index (χ1v) is 14.4. The average Bonchev–Trinajstić information content (AvgIpc) is 3.68. The van der Waals surface area contributed by atoms with E-state index in [0.717, 1.165) is 35.8 Å². The van der Waals surface area contributed by atoms with E-state index in [-0.39, 0.29) is 42.8 Å². The lowest BCUT2D eigenvalue weighted by atomic mass is 9.80. The highest BCUT2D eigenvalue weighted by atomic mass is 19.4. The molecular formula is C31H34F3N5O3. The summed E-state index contributed by atoms with van der Waals surface area (Å²) in [4.78, 5) is 40.7. The number of benzene rings is 2. The van der Waals surface area contributed by atoms with Crippen LogP contribution in [-0.2, 0) is 15.8 Å². The Morgan fingerprint density at radius 1 is 0.833 bits per heavy atom. The van der Waals surface area contributed by atoms with Crippen molar-refractivity contribution in [3.05, 3.63) is 83.7 Å². The molecular weight excluding hydrogens is 547 g/mol. The zero-order valence-corrected chi connectivity index (χ0v) is 23.1. The quantitative estimate of drug-likeness (QED) is 0.370. The largest absolute Gasteiger partial charge is 0.435 e. The molecule has 3 amide bonds. The van der Waals surface area contributed by atoms with Gasteiger partial charge in [-0.1, -0.05) is 48.5 Å². The van der Waals surface area contributed by atoms with E-state index < -0.39 is 23.3 Å². The molecule has 42 heavy (non-hydrogen) atoms. The van der Waals surface area contributed by atoms with Crippen LogP contribution >= 0.6 is 0 Å². The van der Waals surface area contributed by atoms with Crippen LogP contribution in [0, 0.1) is 11.8 Å². The van der Waals surface area contributed by atoms with E-state index in [1.807, 2.05) is 23.1 Å². The summed E-state index contributed by atoms with van der Waals surface area (Å²) < 4.78 is 41.7. The second-order valence-corrected chi connectivity index (χ2v) is 10.9. The number of hydrogen-bond acceptors (Lipinski definition) is 4. The summed E-state index contributed by atoms with van der Waals surface area (Å²) in [5, 5.41) is 8.81. The third-order valence-corrected chi connectivity index (χ3v) is 8.13. The molecule has 5 rings (SSSR count). The minimum atomic E-state index is -4.81. The number of amides is 3. The van der Waals surface area contributed by atoms with Crippen molar-refractivity contribution < 1.29 is 27.6 Å². The molecule has 1 unspecified atom stereocenters. The van der Waals surface area contributed by atoms with Crippen molar-refractivity contribution in [2.24, 2.45) is 11.8 Å². The lowest BCUT2D eigenvalue weighted by Crippen LogP contribution is -2.41. The molecule has 222 valence electrons. The van der Waals surface area contributed by atoms with Crippen molar-refractivity contribution in [2.75, 3.05) is 19.6 Å². The Labute approximate surface area is 242 Å². The summed E-state index contributed by atoms with van der Waals surface area (Å²) in [6.45, 7) is 0.786. The van der Waals surface area contributed by atoms with Crippen molar-refractivity contribution >= 4 is 17.7 Å². The molecule has 11 heteroatoms. The molecule has 3 aromatic rings. The maximum Gasteiger partial charge on any atom is 0.435 e. The first-order valence-electron chi connectivity index (χ1n) is 14.4. The Balaban J connectivity index is 1.08. The molecule has 1 aromatic heterocycles. The van der Waals surface area contributed by atoms with Crippen molar-refractivity contribution in [2.45, 2.75) is 50.7 Å². The van der Waals surface area contributed by atoms with Gasteiger partial charge in [-0.15, -0.1) is 0 Å². The standard InChI is InChI=1S/C31H34F3N5O3/c32-31(33,34)27-25(20-39(37-27)24-10-5-2-6-11-24)29(41)36-18-17-35-28(40)22-13-15-23(16-14-22)30(42)38-19-7-12-26(38)21-8-3-1-4-9-21/h1-6,8-11,20,22-23,26H,7,12-19H2,(H,35,40)(H,36,41). The van der Waals surface area contributed by atoms with Gasteiger partial charge in [0.05, 0.1) is 17.3 Å². The van der Waals surface area contributed by atoms with E-state index in [2.05, 4.69) is 27.9 Å². The zero-order chi connectivity index (χ0) is 29.7. The minimum absolute atomic E-state index is 0.0396. The number of aromatic nitrogens is 2. The molecule has 2 fully saturated rings. The van der Waals surface area contributed by atoms with Gasteiger partial charge in [0.15, 0.2) is 5.69 Å². The second-order valence-electron chi connectivity index (χ2n) is 10.9. The minimum Gasteiger partial charge on any atom is -0.354 e. The average molecular weight is 582 g/mol. The molecule has 2 aliphatic rings. The van der Waals surface area contributed by atoms with Gasteiger partial charge in [-0.2, -0.15) is 18.3 Å². The van der Waals surface area contributed by atoms with Gasteiger partial charge in [0, 0.05) is 37.7 Å². The number of hydrogen-bond donors (Lipinski definition) is 2. The highest BCUT2D eigenvalue weighted by molar-refractivity contribution is 5.95. The third kappa shape index (κ3) is 6.66. The number of nitrogens with one attached hydrogen (secondary N) is 2. The first kappa shape index (κ1) is 29.3. The Bertz CT molecular complexity index is 1390. The van der Waals surface area contributed by atoms with Crippen LogP contribution in [0.3, 0.4) is 0 Å². The summed E-state index contributed by atoms with van der Waals surface area (Å²) >= 11 is 0. The molecule has 2 aromatic carbocycles. The van der Waals surface area contributed by atoms with E-state index in [1.54, 1.807) is 30.3 Å². The topological polar surface area (TPSA) is 96.3 Å². The molecule has 0 bridgehead atoms. The van der Waals surface area contributed by atoms with Crippen LogP contribution in [0.2, 0.25) is 0 Å². The molecule has 1 atom stereocenters. The molecule has 1 aliphatic heterocycles. The van der Waals surface area contributed by atoms with Gasteiger partial charge in [0.2, 0.25) is 11.8 Å². The normalized spacial score (nSPS) is 20.7. The number of para-hydroxylation sites is 1. The highest BCUT2D eigenvalue weighted by Gasteiger charge is 2.40. The fourth-order valence-corrected chi connectivity index (χ4v) is 5.95. The van der Waals surface area contributed by atoms with Crippen LogP contribution in [-0.4, -0.2) is 52.0 Å². The van der Waals surface area contributed by atoms with E-state index in [9.17, 15) is 27.6 Å². The summed E-state index contributed by atoms with van der Waals surface area (Å²) in [6.07, 6.45) is 0.629. The molecule has 1 saturated carbocycles. The Morgan fingerprint density at radius 3 is 2.12 bits per heavy atom. The van der Waals surface area contributed by atoms with E-state index in [4.69, 9.17) is 0 Å². The molecule has 1 aliphatic carbocycles. The Kier molecular flexibility index (Phi) is 8.94. The number of halogens is 3. The van der Waals surface area contributed by atoms with Gasteiger partial charge in [-0.25, -0.2) is 4.68 Å². The van der Waals surface area contributed by atoms with Crippen LogP contribution in [0.5, 0.6) is 0 Å². The lowest BCUT2D eigenvalue weighted by molar-refractivity contribution is -0.141. The third-order valence-electron chi connectivity index (χ3n) is 8.13. The van der Waals surface area contributed by atoms with Crippen LogP contribution < -0.4 is 10.6 Å². The van der Waals surface area contributed by atoms with Crippen molar-refractivity contribution in [1.82, 2.24) is 25.3 Å². The van der Waals surface area contributed by atoms with Crippen molar-refractivity contribution in [3.63, 3.8) is 0 Å². The van der Waals surface area contributed by atoms with E-state index in [0.29, 0.717) is 31.4 Å². The summed E-state index contributed by atoms with van der Waals surface area (Å²) in [7, 11) is 0. The number of carbonyl (C=O) groups excluding carboxylic acids is 3. The first-order chi connectivity index (χ1) is 20.2. The van der Waals surface area contributed by atoms with Crippen LogP contribution in [0.4, 0.5) is 13.2 Å². The summed E-state index contributed by atoms with van der Waals surface area (Å²) in [5.74, 6) is -1.27. The Hall–Kier alpha value is -4.15. The monoisotopic (exact) mass is 581 g/mol. The predicted molar refractivity (Wildman–Crippen MR) is 149 cm³/mol. The number of nitrogens with zero attached hydrogens (tertiary/aromatic N) is 3. The maximum atomic E-state index is 13.6. The van der Waals surface area contributed by atoms with Gasteiger partial charge in [-0.05, 0) is 56.2 Å². The summed E-state index contributed by atoms with van der Waals surface area (Å²) in [6, 6.07) is 18.4. The smallest absolute Gasteiger partial charge is 0.354 e. The van der Waals surface area contributed by atoms with Gasteiger partial charge in [0.25, 0.3) is 5.91 Å². The fraction of sp³-hybridized carbons (Fsp3) is 0.419. The van der Waals surface area contributed by atoms with Gasteiger partial charge < -0.3 is 15.5 Å².